The first kappa shape index (κ1) is 14.9. The predicted molar refractivity (Wildman–Crippen MR) is 90.0 cm³/mol. The molecule has 2 fully saturated rings. The third kappa shape index (κ3) is 3.05. The molecule has 2 aliphatic rings. The van der Waals surface area contributed by atoms with Gasteiger partial charge in [-0.2, -0.15) is 0 Å². The van der Waals surface area contributed by atoms with Crippen LogP contribution < -0.4 is 5.32 Å². The largest absolute Gasteiger partial charge is 0.367 e. The average Bonchev–Trinajstić information content (AvgIpc) is 3.19. The maximum atomic E-state index is 12.3. The fourth-order valence-electron chi connectivity index (χ4n) is 3.45. The molecule has 2 aromatic carbocycles. The minimum atomic E-state index is 0.0816. The zero-order valence-corrected chi connectivity index (χ0v) is 13.4. The number of nitrogens with one attached hydrogen (secondary N) is 1. The third-order valence-electron chi connectivity index (χ3n) is 4.65. The Morgan fingerprint density at radius 3 is 2.70 bits per heavy atom. The molecule has 0 unspecified atom stereocenters. The van der Waals surface area contributed by atoms with Gasteiger partial charge in [0.25, 0.3) is 0 Å². The second-order valence-electron chi connectivity index (χ2n) is 6.28. The summed E-state index contributed by atoms with van der Waals surface area (Å²) in [6, 6.07) is 15.7. The van der Waals surface area contributed by atoms with Gasteiger partial charge in [-0.1, -0.05) is 48.0 Å². The summed E-state index contributed by atoms with van der Waals surface area (Å²) in [6.45, 7) is 0.966. The maximum Gasteiger partial charge on any atom is 0.167 e. The highest BCUT2D eigenvalue weighted by Gasteiger charge is 2.41. The highest BCUT2D eigenvalue weighted by Crippen LogP contribution is 2.36. The molecule has 3 atom stereocenters. The lowest BCUT2D eigenvalue weighted by atomic mass is 9.98. The van der Waals surface area contributed by atoms with Gasteiger partial charge in [0.1, 0.15) is 0 Å². The minimum absolute atomic E-state index is 0.0816. The summed E-state index contributed by atoms with van der Waals surface area (Å²) < 4.78 is 6.01. The zero-order valence-electron chi connectivity index (χ0n) is 12.7. The Bertz CT molecular complexity index is 728. The van der Waals surface area contributed by atoms with Gasteiger partial charge in [-0.05, 0) is 29.7 Å². The highest BCUT2D eigenvalue weighted by atomic mass is 35.5. The lowest BCUT2D eigenvalue weighted by Gasteiger charge is -2.23. The number of ether oxygens (including phenoxy) is 1. The van der Waals surface area contributed by atoms with Gasteiger partial charge in [-0.3, -0.25) is 4.79 Å². The van der Waals surface area contributed by atoms with Crippen molar-refractivity contribution < 1.29 is 9.53 Å². The van der Waals surface area contributed by atoms with Crippen molar-refractivity contribution in [3.05, 3.63) is 70.2 Å². The summed E-state index contributed by atoms with van der Waals surface area (Å²) in [4.78, 5) is 12.3. The number of hydrogen-bond acceptors (Lipinski definition) is 3. The molecule has 0 spiro atoms. The van der Waals surface area contributed by atoms with Crippen LogP contribution in [0.3, 0.4) is 0 Å². The normalized spacial score (nSPS) is 25.7. The number of ketones is 1. The maximum absolute atomic E-state index is 12.3. The number of morpholine rings is 1. The van der Waals surface area contributed by atoms with Crippen molar-refractivity contribution in [1.29, 1.82) is 0 Å². The van der Waals surface area contributed by atoms with Crippen LogP contribution in [0.1, 0.15) is 34.0 Å². The number of benzene rings is 2. The summed E-state index contributed by atoms with van der Waals surface area (Å²) >= 11 is 5.94. The number of Topliss-reactive ketones (excluding diaryl/α,β-unsaturated/α-hetero) is 1. The van der Waals surface area contributed by atoms with Gasteiger partial charge in [-0.25, -0.2) is 0 Å². The molecule has 4 rings (SSSR count). The Balaban J connectivity index is 1.45. The van der Waals surface area contributed by atoms with Crippen LogP contribution in [0.2, 0.25) is 5.02 Å². The fourth-order valence-corrected chi connectivity index (χ4v) is 3.64. The van der Waals surface area contributed by atoms with Gasteiger partial charge in [0.2, 0.25) is 0 Å². The van der Waals surface area contributed by atoms with E-state index in [9.17, 15) is 4.79 Å². The van der Waals surface area contributed by atoms with Crippen LogP contribution in [-0.2, 0) is 11.2 Å². The number of carbonyl (C=O) groups excluding carboxylic acids is 1. The van der Waals surface area contributed by atoms with Crippen molar-refractivity contribution >= 4 is 17.4 Å². The van der Waals surface area contributed by atoms with Gasteiger partial charge in [0.05, 0.1) is 12.2 Å². The molecule has 0 radical (unpaired) electrons. The molecule has 2 saturated heterocycles. The number of carbonyl (C=O) groups is 1. The zero-order chi connectivity index (χ0) is 15.8. The number of hydrogen-bond donors (Lipinski definition) is 1. The summed E-state index contributed by atoms with van der Waals surface area (Å²) in [7, 11) is 0. The van der Waals surface area contributed by atoms with E-state index in [0.717, 1.165) is 18.5 Å². The second kappa shape index (κ2) is 6.08. The predicted octanol–water partition coefficient (Wildman–Crippen LogP) is 3.57. The Hall–Kier alpha value is -1.68. The van der Waals surface area contributed by atoms with Crippen molar-refractivity contribution in [3.8, 4) is 0 Å². The first-order valence-electron chi connectivity index (χ1n) is 7.95. The van der Waals surface area contributed by atoms with Crippen LogP contribution in [0.25, 0.3) is 0 Å². The molecular formula is C19H18ClNO2. The first-order chi connectivity index (χ1) is 11.2. The van der Waals surface area contributed by atoms with Crippen LogP contribution in [0.4, 0.5) is 0 Å². The molecule has 2 aromatic rings. The monoisotopic (exact) mass is 327 g/mol. The molecule has 118 valence electrons. The van der Waals surface area contributed by atoms with Crippen LogP contribution >= 0.6 is 11.6 Å². The smallest absolute Gasteiger partial charge is 0.167 e. The molecular weight excluding hydrogens is 310 g/mol. The molecule has 23 heavy (non-hydrogen) atoms. The van der Waals surface area contributed by atoms with Crippen LogP contribution in [0.15, 0.2) is 48.5 Å². The van der Waals surface area contributed by atoms with Crippen LogP contribution in [0, 0.1) is 0 Å². The van der Waals surface area contributed by atoms with Gasteiger partial charge in [-0.15, -0.1) is 0 Å². The van der Waals surface area contributed by atoms with Crippen molar-refractivity contribution in [3.63, 3.8) is 0 Å². The SMILES string of the molecule is O=C(Cc1ccc([C@H]2O[C@@H]3CN[C@H]2C3)cc1)c1cccc(Cl)c1. The van der Waals surface area contributed by atoms with Crippen LogP contribution in [-0.4, -0.2) is 24.5 Å². The van der Waals surface area contributed by atoms with E-state index in [-0.39, 0.29) is 11.9 Å². The van der Waals surface area contributed by atoms with E-state index in [1.54, 1.807) is 24.3 Å². The van der Waals surface area contributed by atoms with E-state index in [0.29, 0.717) is 29.2 Å². The molecule has 2 bridgehead atoms. The minimum Gasteiger partial charge on any atom is -0.367 e. The summed E-state index contributed by atoms with van der Waals surface area (Å²) in [5.41, 5.74) is 2.85. The molecule has 0 saturated carbocycles. The van der Waals surface area contributed by atoms with Crippen molar-refractivity contribution in [1.82, 2.24) is 5.32 Å². The number of fused-ring (bicyclic) bond motifs is 2. The summed E-state index contributed by atoms with van der Waals surface area (Å²) in [5, 5.41) is 4.08. The topological polar surface area (TPSA) is 38.3 Å². The summed E-state index contributed by atoms with van der Waals surface area (Å²) in [5.74, 6) is 0.0816. The van der Waals surface area contributed by atoms with Crippen molar-refractivity contribution in [2.75, 3.05) is 6.54 Å². The van der Waals surface area contributed by atoms with Gasteiger partial charge < -0.3 is 10.1 Å². The van der Waals surface area contributed by atoms with E-state index < -0.39 is 0 Å². The van der Waals surface area contributed by atoms with Gasteiger partial charge in [0.15, 0.2) is 5.78 Å². The Labute approximate surface area is 140 Å². The van der Waals surface area contributed by atoms with Crippen LogP contribution in [0.5, 0.6) is 0 Å². The Kier molecular flexibility index (Phi) is 3.93. The molecule has 0 aliphatic carbocycles. The van der Waals surface area contributed by atoms with E-state index in [2.05, 4.69) is 17.4 Å². The van der Waals surface area contributed by atoms with E-state index in [4.69, 9.17) is 16.3 Å². The molecule has 4 heteroatoms. The van der Waals surface area contributed by atoms with Gasteiger partial charge in [0, 0.05) is 29.6 Å². The van der Waals surface area contributed by atoms with Gasteiger partial charge >= 0.3 is 0 Å². The Morgan fingerprint density at radius 2 is 2.04 bits per heavy atom. The number of rotatable bonds is 4. The van der Waals surface area contributed by atoms with E-state index >= 15 is 0 Å². The van der Waals surface area contributed by atoms with E-state index in [1.807, 2.05) is 12.1 Å². The molecule has 0 amide bonds. The molecule has 2 heterocycles. The standard InChI is InChI=1S/C19H18ClNO2/c20-15-3-1-2-14(9-15)18(22)8-12-4-6-13(7-5-12)19-17-10-16(23-19)11-21-17/h1-7,9,16-17,19,21H,8,10-11H2/t16-,17-,19+/m0/s1. The molecule has 1 N–H and O–H groups in total. The third-order valence-corrected chi connectivity index (χ3v) is 4.88. The van der Waals surface area contributed by atoms with Crippen molar-refractivity contribution in [2.45, 2.75) is 31.1 Å². The fraction of sp³-hybridized carbons (Fsp3) is 0.316. The van der Waals surface area contributed by atoms with Crippen molar-refractivity contribution in [2.24, 2.45) is 0 Å². The molecule has 3 nitrogen and oxygen atoms in total. The highest BCUT2D eigenvalue weighted by molar-refractivity contribution is 6.31. The lowest BCUT2D eigenvalue weighted by molar-refractivity contribution is 0.0160. The summed E-state index contributed by atoms with van der Waals surface area (Å²) in [6.07, 6.45) is 1.98. The average molecular weight is 328 g/mol. The molecule has 2 aliphatic heterocycles. The quantitative estimate of drug-likeness (QED) is 0.872. The second-order valence-corrected chi connectivity index (χ2v) is 6.72. The molecule has 0 aromatic heterocycles. The first-order valence-corrected chi connectivity index (χ1v) is 8.33. The van der Waals surface area contributed by atoms with E-state index in [1.165, 1.54) is 5.56 Å². The Morgan fingerprint density at radius 1 is 1.22 bits per heavy atom. The number of halogens is 1. The lowest BCUT2D eigenvalue weighted by Crippen LogP contribution is -2.33.